The number of hydrogen-bond donors (Lipinski definition) is 1. The van der Waals surface area contributed by atoms with Crippen molar-refractivity contribution < 1.29 is 9.72 Å². The Balaban J connectivity index is 2.59. The highest BCUT2D eigenvalue weighted by Gasteiger charge is 2.14. The minimum atomic E-state index is -0.438. The number of nitrogens with zero attached hydrogens (tertiary/aromatic N) is 1. The summed E-state index contributed by atoms with van der Waals surface area (Å²) in [5, 5.41) is 14.8. The van der Waals surface area contributed by atoms with Gasteiger partial charge in [0.25, 0.3) is 11.6 Å². The Kier molecular flexibility index (Phi) is 3.29. The third kappa shape index (κ3) is 2.44. The first-order valence-corrected chi connectivity index (χ1v) is 5.63. The van der Waals surface area contributed by atoms with Crippen LogP contribution in [0, 0.1) is 10.1 Å². The summed E-state index contributed by atoms with van der Waals surface area (Å²) < 4.78 is 0. The zero-order chi connectivity index (χ0) is 14.0. The summed E-state index contributed by atoms with van der Waals surface area (Å²) in [6.07, 6.45) is 0. The third-order valence-corrected chi connectivity index (χ3v) is 2.73. The molecular formula is C14H12N2O3. The second-order valence-corrected chi connectivity index (χ2v) is 4.17. The molecule has 0 radical (unpaired) electrons. The van der Waals surface area contributed by atoms with Gasteiger partial charge < -0.3 is 5.32 Å². The fourth-order valence-electron chi connectivity index (χ4n) is 1.78. The van der Waals surface area contributed by atoms with Crippen LogP contribution in [0.25, 0.3) is 10.8 Å². The third-order valence-electron chi connectivity index (χ3n) is 2.73. The number of carbonyl (C=O) groups excluding carboxylic acids is 1. The Bertz CT molecular complexity index is 692. The van der Waals surface area contributed by atoms with E-state index in [9.17, 15) is 14.9 Å². The monoisotopic (exact) mass is 256 g/mol. The summed E-state index contributed by atoms with van der Waals surface area (Å²) >= 11 is 0. The molecule has 0 atom stereocenters. The van der Waals surface area contributed by atoms with Gasteiger partial charge in [-0.2, -0.15) is 0 Å². The normalized spacial score (nSPS) is 10.2. The first-order chi connectivity index (χ1) is 9.00. The molecule has 0 bridgehead atoms. The molecule has 1 amide bonds. The quantitative estimate of drug-likeness (QED) is 0.520. The van der Waals surface area contributed by atoms with E-state index in [0.29, 0.717) is 22.0 Å². The SMILES string of the molecule is C=C(C)C(=O)Nc1ccc([N+](=O)[O-])c2ccccc12. The van der Waals surface area contributed by atoms with Crippen LogP contribution in [0.5, 0.6) is 0 Å². The van der Waals surface area contributed by atoms with Gasteiger partial charge in [0.15, 0.2) is 0 Å². The van der Waals surface area contributed by atoms with Crippen molar-refractivity contribution in [2.75, 3.05) is 5.32 Å². The molecule has 5 heteroatoms. The molecule has 1 N–H and O–H groups in total. The number of anilines is 1. The Morgan fingerprint density at radius 2 is 1.84 bits per heavy atom. The number of fused-ring (bicyclic) bond motifs is 1. The minimum Gasteiger partial charge on any atom is -0.322 e. The molecule has 0 spiro atoms. The largest absolute Gasteiger partial charge is 0.322 e. The van der Waals surface area contributed by atoms with Gasteiger partial charge in [-0.05, 0) is 19.1 Å². The number of amides is 1. The summed E-state index contributed by atoms with van der Waals surface area (Å²) in [5.74, 6) is -0.306. The predicted octanol–water partition coefficient (Wildman–Crippen LogP) is 3.26. The average molecular weight is 256 g/mol. The van der Waals surface area contributed by atoms with Crippen LogP contribution < -0.4 is 5.32 Å². The van der Waals surface area contributed by atoms with Gasteiger partial charge in [-0.25, -0.2) is 0 Å². The molecule has 2 rings (SSSR count). The number of rotatable bonds is 3. The molecule has 0 aliphatic carbocycles. The first kappa shape index (κ1) is 12.8. The molecule has 0 aromatic heterocycles. The predicted molar refractivity (Wildman–Crippen MR) is 74.0 cm³/mol. The van der Waals surface area contributed by atoms with Crippen LogP contribution in [0.3, 0.4) is 0 Å². The fraction of sp³-hybridized carbons (Fsp3) is 0.0714. The summed E-state index contributed by atoms with van der Waals surface area (Å²) in [7, 11) is 0. The Morgan fingerprint density at radius 1 is 1.21 bits per heavy atom. The molecule has 19 heavy (non-hydrogen) atoms. The van der Waals surface area contributed by atoms with Crippen molar-refractivity contribution in [1.82, 2.24) is 0 Å². The number of carbonyl (C=O) groups is 1. The molecule has 0 aliphatic rings. The van der Waals surface area contributed by atoms with Crippen LogP contribution >= 0.6 is 0 Å². The van der Waals surface area contributed by atoms with E-state index in [1.54, 1.807) is 31.2 Å². The van der Waals surface area contributed by atoms with Gasteiger partial charge >= 0.3 is 0 Å². The van der Waals surface area contributed by atoms with Gasteiger partial charge in [-0.3, -0.25) is 14.9 Å². The van der Waals surface area contributed by atoms with Crippen LogP contribution in [0.15, 0.2) is 48.6 Å². The Morgan fingerprint density at radius 3 is 2.42 bits per heavy atom. The van der Waals surface area contributed by atoms with Crippen molar-refractivity contribution in [3.8, 4) is 0 Å². The number of non-ortho nitro benzene ring substituents is 1. The van der Waals surface area contributed by atoms with Crippen LogP contribution in [-0.4, -0.2) is 10.8 Å². The zero-order valence-corrected chi connectivity index (χ0v) is 10.3. The molecule has 0 heterocycles. The second-order valence-electron chi connectivity index (χ2n) is 4.17. The summed E-state index contributed by atoms with van der Waals surface area (Å²) in [4.78, 5) is 22.2. The zero-order valence-electron chi connectivity index (χ0n) is 10.3. The summed E-state index contributed by atoms with van der Waals surface area (Å²) in [6, 6.07) is 9.79. The maximum absolute atomic E-state index is 11.6. The maximum Gasteiger partial charge on any atom is 0.277 e. The fourth-order valence-corrected chi connectivity index (χ4v) is 1.78. The highest BCUT2D eigenvalue weighted by atomic mass is 16.6. The van der Waals surface area contributed by atoms with E-state index in [4.69, 9.17) is 0 Å². The summed E-state index contributed by atoms with van der Waals surface area (Å²) in [6.45, 7) is 5.16. The van der Waals surface area contributed by atoms with Crippen LogP contribution in [0.1, 0.15) is 6.92 Å². The standard InChI is InChI=1S/C14H12N2O3/c1-9(2)14(17)15-12-7-8-13(16(18)19)11-6-4-3-5-10(11)12/h3-8H,1H2,2H3,(H,15,17). The molecule has 0 aliphatic heterocycles. The van der Waals surface area contributed by atoms with E-state index in [1.807, 2.05) is 0 Å². The Hall–Kier alpha value is -2.69. The number of benzene rings is 2. The van der Waals surface area contributed by atoms with E-state index in [1.165, 1.54) is 12.1 Å². The molecule has 0 saturated carbocycles. The van der Waals surface area contributed by atoms with Gasteiger partial charge in [0.2, 0.25) is 0 Å². The smallest absolute Gasteiger partial charge is 0.277 e. The van der Waals surface area contributed by atoms with Gasteiger partial charge in [0, 0.05) is 22.7 Å². The van der Waals surface area contributed by atoms with Crippen LogP contribution in [0.2, 0.25) is 0 Å². The summed E-state index contributed by atoms with van der Waals surface area (Å²) in [5.41, 5.74) is 0.931. The number of nitro groups is 1. The average Bonchev–Trinajstić information content (AvgIpc) is 2.38. The second kappa shape index (κ2) is 4.89. The maximum atomic E-state index is 11.6. The van der Waals surface area contributed by atoms with E-state index in [0.717, 1.165) is 0 Å². The van der Waals surface area contributed by atoms with E-state index in [-0.39, 0.29) is 11.6 Å². The minimum absolute atomic E-state index is 0.0175. The number of hydrogen-bond acceptors (Lipinski definition) is 3. The number of nitrogens with one attached hydrogen (secondary N) is 1. The van der Waals surface area contributed by atoms with Crippen LogP contribution in [0.4, 0.5) is 11.4 Å². The molecule has 5 nitrogen and oxygen atoms in total. The van der Waals surface area contributed by atoms with Crippen molar-refractivity contribution in [3.05, 3.63) is 58.7 Å². The molecule has 0 saturated heterocycles. The van der Waals surface area contributed by atoms with Gasteiger partial charge in [0.1, 0.15) is 0 Å². The van der Waals surface area contributed by atoms with Gasteiger partial charge in [-0.15, -0.1) is 0 Å². The van der Waals surface area contributed by atoms with E-state index >= 15 is 0 Å². The molecule has 0 unspecified atom stereocenters. The van der Waals surface area contributed by atoms with Crippen molar-refractivity contribution >= 4 is 28.1 Å². The van der Waals surface area contributed by atoms with Crippen molar-refractivity contribution in [3.63, 3.8) is 0 Å². The highest BCUT2D eigenvalue weighted by Crippen LogP contribution is 2.31. The lowest BCUT2D eigenvalue weighted by Gasteiger charge is -2.08. The van der Waals surface area contributed by atoms with Crippen molar-refractivity contribution in [2.24, 2.45) is 0 Å². The van der Waals surface area contributed by atoms with E-state index < -0.39 is 4.92 Å². The molecule has 2 aromatic carbocycles. The molecular weight excluding hydrogens is 244 g/mol. The topological polar surface area (TPSA) is 72.2 Å². The van der Waals surface area contributed by atoms with Crippen molar-refractivity contribution in [2.45, 2.75) is 6.92 Å². The number of nitro benzene ring substituents is 1. The molecule has 2 aromatic rings. The van der Waals surface area contributed by atoms with Gasteiger partial charge in [0.05, 0.1) is 10.3 Å². The molecule has 0 fully saturated rings. The lowest BCUT2D eigenvalue weighted by molar-refractivity contribution is -0.383. The lowest BCUT2D eigenvalue weighted by atomic mass is 10.1. The first-order valence-electron chi connectivity index (χ1n) is 5.63. The Labute approximate surface area is 109 Å². The van der Waals surface area contributed by atoms with E-state index in [2.05, 4.69) is 11.9 Å². The van der Waals surface area contributed by atoms with Crippen LogP contribution in [-0.2, 0) is 4.79 Å². The highest BCUT2D eigenvalue weighted by molar-refractivity contribution is 6.09. The van der Waals surface area contributed by atoms with Crippen molar-refractivity contribution in [1.29, 1.82) is 0 Å². The lowest BCUT2D eigenvalue weighted by Crippen LogP contribution is -2.12. The molecule has 96 valence electrons. The van der Waals surface area contributed by atoms with Gasteiger partial charge in [-0.1, -0.05) is 24.8 Å².